The number of rotatable bonds is 2. The number of benzene rings is 1. The summed E-state index contributed by atoms with van der Waals surface area (Å²) in [5, 5.41) is 9.31. The Morgan fingerprint density at radius 3 is 2.63 bits per heavy atom. The SMILES string of the molecule is O=C(O)c1cc(I)ccc1N1CC2(CCOCC2)C1. The fourth-order valence-electron chi connectivity index (χ4n) is 3.01. The quantitative estimate of drug-likeness (QED) is 0.810. The largest absolute Gasteiger partial charge is 0.478 e. The lowest BCUT2D eigenvalue weighted by molar-refractivity contribution is -0.000299. The van der Waals surface area contributed by atoms with Crippen molar-refractivity contribution in [2.75, 3.05) is 31.2 Å². The van der Waals surface area contributed by atoms with Crippen molar-refractivity contribution in [3.63, 3.8) is 0 Å². The Morgan fingerprint density at radius 1 is 1.32 bits per heavy atom. The first-order valence-electron chi connectivity index (χ1n) is 6.45. The van der Waals surface area contributed by atoms with E-state index in [4.69, 9.17) is 4.74 Å². The van der Waals surface area contributed by atoms with Crippen LogP contribution in [-0.2, 0) is 4.74 Å². The van der Waals surface area contributed by atoms with E-state index < -0.39 is 5.97 Å². The molecule has 2 saturated heterocycles. The zero-order valence-corrected chi connectivity index (χ0v) is 12.7. The summed E-state index contributed by atoms with van der Waals surface area (Å²) < 4.78 is 6.36. The number of hydrogen-bond acceptors (Lipinski definition) is 3. The van der Waals surface area contributed by atoms with Crippen molar-refractivity contribution >= 4 is 34.2 Å². The Balaban J connectivity index is 1.79. The molecule has 2 aliphatic rings. The first-order chi connectivity index (χ1) is 9.10. The molecule has 0 radical (unpaired) electrons. The molecule has 19 heavy (non-hydrogen) atoms. The van der Waals surface area contributed by atoms with Crippen LogP contribution in [0, 0.1) is 8.99 Å². The Kier molecular flexibility index (Phi) is 3.42. The van der Waals surface area contributed by atoms with E-state index in [0.717, 1.165) is 48.4 Å². The maximum atomic E-state index is 11.3. The van der Waals surface area contributed by atoms with Crippen LogP contribution >= 0.6 is 22.6 Å². The highest BCUT2D eigenvalue weighted by Gasteiger charge is 2.44. The lowest BCUT2D eigenvalue weighted by atomic mass is 9.73. The van der Waals surface area contributed by atoms with Crippen LogP contribution in [0.1, 0.15) is 23.2 Å². The highest BCUT2D eigenvalue weighted by Crippen LogP contribution is 2.43. The number of anilines is 1. The first kappa shape index (κ1) is 13.2. The van der Waals surface area contributed by atoms with Gasteiger partial charge in [0.1, 0.15) is 0 Å². The van der Waals surface area contributed by atoms with Gasteiger partial charge in [0.25, 0.3) is 0 Å². The summed E-state index contributed by atoms with van der Waals surface area (Å²) in [5.74, 6) is -0.846. The molecule has 3 rings (SSSR count). The minimum atomic E-state index is -0.846. The molecule has 2 heterocycles. The molecule has 0 bridgehead atoms. The molecule has 0 atom stereocenters. The molecular formula is C14H16INO3. The van der Waals surface area contributed by atoms with Crippen LogP contribution in [0.5, 0.6) is 0 Å². The summed E-state index contributed by atoms with van der Waals surface area (Å²) in [5.41, 5.74) is 1.62. The Morgan fingerprint density at radius 2 is 2.00 bits per heavy atom. The summed E-state index contributed by atoms with van der Waals surface area (Å²) in [4.78, 5) is 13.5. The highest BCUT2D eigenvalue weighted by molar-refractivity contribution is 14.1. The van der Waals surface area contributed by atoms with E-state index in [1.165, 1.54) is 0 Å². The van der Waals surface area contributed by atoms with Gasteiger partial charge in [-0.3, -0.25) is 0 Å². The summed E-state index contributed by atoms with van der Waals surface area (Å²) in [6.07, 6.45) is 2.19. The van der Waals surface area contributed by atoms with E-state index in [1.807, 2.05) is 12.1 Å². The molecule has 0 amide bonds. The molecule has 2 fully saturated rings. The van der Waals surface area contributed by atoms with Gasteiger partial charge in [-0.25, -0.2) is 4.79 Å². The van der Waals surface area contributed by atoms with Crippen molar-refractivity contribution in [2.24, 2.45) is 5.41 Å². The van der Waals surface area contributed by atoms with E-state index in [9.17, 15) is 9.90 Å². The molecule has 1 aromatic carbocycles. The second kappa shape index (κ2) is 4.94. The van der Waals surface area contributed by atoms with Crippen molar-refractivity contribution in [1.29, 1.82) is 0 Å². The number of hydrogen-bond donors (Lipinski definition) is 1. The van der Waals surface area contributed by atoms with Crippen LogP contribution < -0.4 is 4.90 Å². The predicted molar refractivity (Wildman–Crippen MR) is 80.8 cm³/mol. The third-order valence-corrected chi connectivity index (χ3v) is 4.81. The number of carboxylic acids is 1. The smallest absolute Gasteiger partial charge is 0.337 e. The highest BCUT2D eigenvalue weighted by atomic mass is 127. The molecule has 1 spiro atoms. The number of carbonyl (C=O) groups is 1. The van der Waals surface area contributed by atoms with Gasteiger partial charge in [0.15, 0.2) is 0 Å². The molecule has 4 nitrogen and oxygen atoms in total. The fraction of sp³-hybridized carbons (Fsp3) is 0.500. The lowest BCUT2D eigenvalue weighted by Crippen LogP contribution is -2.58. The van der Waals surface area contributed by atoms with E-state index in [-0.39, 0.29) is 0 Å². The minimum Gasteiger partial charge on any atom is -0.478 e. The molecule has 0 aromatic heterocycles. The minimum absolute atomic E-state index is 0.358. The number of carboxylic acid groups (broad SMARTS) is 1. The van der Waals surface area contributed by atoms with Gasteiger partial charge in [-0.1, -0.05) is 0 Å². The maximum absolute atomic E-state index is 11.3. The summed E-state index contributed by atoms with van der Waals surface area (Å²) in [7, 11) is 0. The summed E-state index contributed by atoms with van der Waals surface area (Å²) in [6.45, 7) is 3.59. The van der Waals surface area contributed by atoms with Gasteiger partial charge in [0.2, 0.25) is 0 Å². The lowest BCUT2D eigenvalue weighted by Gasteiger charge is -2.53. The summed E-state index contributed by atoms with van der Waals surface area (Å²) in [6, 6.07) is 5.64. The topological polar surface area (TPSA) is 49.8 Å². The Labute approximate surface area is 125 Å². The number of aromatic carboxylic acids is 1. The number of ether oxygens (including phenoxy) is 1. The molecule has 5 heteroatoms. The third-order valence-electron chi connectivity index (χ3n) is 4.14. The van der Waals surface area contributed by atoms with Gasteiger partial charge >= 0.3 is 5.97 Å². The molecule has 0 aliphatic carbocycles. The molecule has 0 saturated carbocycles. The number of halogens is 1. The van der Waals surface area contributed by atoms with Crippen LogP contribution in [0.4, 0.5) is 5.69 Å². The van der Waals surface area contributed by atoms with Crippen molar-refractivity contribution in [3.05, 3.63) is 27.3 Å². The average molecular weight is 373 g/mol. The van der Waals surface area contributed by atoms with Crippen molar-refractivity contribution < 1.29 is 14.6 Å². The van der Waals surface area contributed by atoms with Crippen LogP contribution in [-0.4, -0.2) is 37.4 Å². The van der Waals surface area contributed by atoms with Gasteiger partial charge in [-0.2, -0.15) is 0 Å². The van der Waals surface area contributed by atoms with Gasteiger partial charge in [0, 0.05) is 35.3 Å². The van der Waals surface area contributed by atoms with E-state index in [1.54, 1.807) is 6.07 Å². The monoisotopic (exact) mass is 373 g/mol. The second-order valence-electron chi connectivity index (χ2n) is 5.44. The van der Waals surface area contributed by atoms with Crippen LogP contribution in [0.3, 0.4) is 0 Å². The number of nitrogens with zero attached hydrogens (tertiary/aromatic N) is 1. The molecular weight excluding hydrogens is 357 g/mol. The standard InChI is InChI=1S/C14H16INO3/c15-10-1-2-12(11(7-10)13(17)18)16-8-14(9-16)3-5-19-6-4-14/h1-2,7H,3-6,8-9H2,(H,17,18). The normalized spacial score (nSPS) is 21.2. The van der Waals surface area contributed by atoms with Gasteiger partial charge in [-0.15, -0.1) is 0 Å². The van der Waals surface area contributed by atoms with Gasteiger partial charge < -0.3 is 14.7 Å². The zero-order chi connectivity index (χ0) is 13.5. The first-order valence-corrected chi connectivity index (χ1v) is 7.53. The van der Waals surface area contributed by atoms with Crippen molar-refractivity contribution in [1.82, 2.24) is 0 Å². The molecule has 0 unspecified atom stereocenters. The predicted octanol–water partition coefficient (Wildman–Crippen LogP) is 2.61. The maximum Gasteiger partial charge on any atom is 0.337 e. The van der Waals surface area contributed by atoms with Crippen LogP contribution in [0.25, 0.3) is 0 Å². The van der Waals surface area contributed by atoms with Crippen molar-refractivity contribution in [3.8, 4) is 0 Å². The van der Waals surface area contributed by atoms with E-state index in [0.29, 0.717) is 11.0 Å². The molecule has 1 aromatic rings. The van der Waals surface area contributed by atoms with E-state index >= 15 is 0 Å². The second-order valence-corrected chi connectivity index (χ2v) is 6.68. The average Bonchev–Trinajstić information content (AvgIpc) is 2.37. The van der Waals surface area contributed by atoms with Crippen LogP contribution in [0.15, 0.2) is 18.2 Å². The van der Waals surface area contributed by atoms with Crippen LogP contribution in [0.2, 0.25) is 0 Å². The molecule has 2 aliphatic heterocycles. The molecule has 1 N–H and O–H groups in total. The van der Waals surface area contributed by atoms with Gasteiger partial charge in [0.05, 0.1) is 11.3 Å². The Hall–Kier alpha value is -0.820. The fourth-order valence-corrected chi connectivity index (χ4v) is 3.50. The Bertz CT molecular complexity index is 503. The zero-order valence-electron chi connectivity index (χ0n) is 10.6. The van der Waals surface area contributed by atoms with E-state index in [2.05, 4.69) is 27.5 Å². The van der Waals surface area contributed by atoms with Crippen molar-refractivity contribution in [2.45, 2.75) is 12.8 Å². The molecule has 102 valence electrons. The summed E-state index contributed by atoms with van der Waals surface area (Å²) >= 11 is 2.15. The van der Waals surface area contributed by atoms with Gasteiger partial charge in [-0.05, 0) is 53.6 Å². The third kappa shape index (κ3) is 2.45.